The van der Waals surface area contributed by atoms with Crippen LogP contribution in [-0.4, -0.2) is 19.5 Å². The van der Waals surface area contributed by atoms with Gasteiger partial charge in [0.15, 0.2) is 0 Å². The summed E-state index contributed by atoms with van der Waals surface area (Å²) in [5.74, 6) is -0.190. The van der Waals surface area contributed by atoms with Crippen molar-refractivity contribution in [2.45, 2.75) is 38.5 Å². The van der Waals surface area contributed by atoms with Gasteiger partial charge in [-0.2, -0.15) is 0 Å². The Balaban J connectivity index is 0.000000362. The van der Waals surface area contributed by atoms with Gasteiger partial charge in [0.2, 0.25) is 10.0 Å². The van der Waals surface area contributed by atoms with Crippen molar-refractivity contribution in [2.75, 3.05) is 0 Å². The highest BCUT2D eigenvalue weighted by Crippen LogP contribution is 2.06. The number of hydrogen-bond acceptors (Lipinski definition) is 3. The van der Waals surface area contributed by atoms with E-state index in [1.54, 1.807) is 12.1 Å². The van der Waals surface area contributed by atoms with Gasteiger partial charge in [0.05, 0.1) is 4.90 Å². The zero-order valence-corrected chi connectivity index (χ0v) is 12.3. The molecule has 0 bridgehead atoms. The smallest absolute Gasteiger partial charge is 0.303 e. The van der Waals surface area contributed by atoms with Gasteiger partial charge < -0.3 is 5.11 Å². The zero-order valence-electron chi connectivity index (χ0n) is 11.5. The second-order valence-corrected chi connectivity index (χ2v) is 6.25. The molecule has 0 heterocycles. The maximum Gasteiger partial charge on any atom is 0.303 e. The molecule has 5 nitrogen and oxygen atoms in total. The van der Waals surface area contributed by atoms with E-state index in [9.17, 15) is 13.2 Å². The number of rotatable bonds is 4. The second kappa shape index (κ2) is 7.91. The third-order valence-corrected chi connectivity index (χ3v) is 3.21. The molecule has 3 N–H and O–H groups in total. The van der Waals surface area contributed by atoms with E-state index in [1.165, 1.54) is 12.1 Å². The van der Waals surface area contributed by atoms with Crippen molar-refractivity contribution in [3.63, 3.8) is 0 Å². The number of carboxylic acids is 1. The van der Waals surface area contributed by atoms with Crippen molar-refractivity contribution in [3.05, 3.63) is 29.8 Å². The molecule has 1 rings (SSSR count). The van der Waals surface area contributed by atoms with Crippen LogP contribution in [0, 0.1) is 12.8 Å². The van der Waals surface area contributed by atoms with Crippen molar-refractivity contribution < 1.29 is 18.3 Å². The largest absolute Gasteiger partial charge is 0.481 e. The summed E-state index contributed by atoms with van der Waals surface area (Å²) < 4.78 is 21.4. The molecule has 0 atom stereocenters. The normalized spacial score (nSPS) is 10.8. The van der Waals surface area contributed by atoms with Crippen LogP contribution in [0.15, 0.2) is 29.2 Å². The zero-order chi connectivity index (χ0) is 15.1. The van der Waals surface area contributed by atoms with Crippen molar-refractivity contribution >= 4 is 16.0 Å². The number of hydrogen-bond donors (Lipinski definition) is 2. The summed E-state index contributed by atoms with van der Waals surface area (Å²) in [5, 5.41) is 13.0. The average Bonchev–Trinajstić information content (AvgIpc) is 2.26. The van der Waals surface area contributed by atoms with Gasteiger partial charge in [-0.15, -0.1) is 0 Å². The Morgan fingerprint density at radius 2 is 1.74 bits per heavy atom. The van der Waals surface area contributed by atoms with Crippen LogP contribution in [0.3, 0.4) is 0 Å². The molecule has 0 fully saturated rings. The molecule has 0 aliphatic heterocycles. The Bertz CT molecular complexity index is 492. The average molecular weight is 287 g/mol. The molecule has 0 unspecified atom stereocenters. The highest BCUT2D eigenvalue weighted by molar-refractivity contribution is 7.89. The number of benzene rings is 1. The van der Waals surface area contributed by atoms with Crippen LogP contribution in [-0.2, 0) is 14.8 Å². The van der Waals surface area contributed by atoms with Crippen LogP contribution in [0.25, 0.3) is 0 Å². The minimum atomic E-state index is -3.52. The van der Waals surface area contributed by atoms with Gasteiger partial charge >= 0.3 is 5.97 Å². The predicted molar refractivity (Wildman–Crippen MR) is 74.3 cm³/mol. The Labute approximate surface area is 114 Å². The Hall–Kier alpha value is -1.40. The number of primary sulfonamides is 1. The summed E-state index contributed by atoms with van der Waals surface area (Å²) in [5.41, 5.74) is 1.01. The van der Waals surface area contributed by atoms with Gasteiger partial charge in [0, 0.05) is 6.42 Å². The van der Waals surface area contributed by atoms with E-state index in [0.29, 0.717) is 12.3 Å². The van der Waals surface area contributed by atoms with Crippen molar-refractivity contribution in [1.29, 1.82) is 0 Å². The lowest BCUT2D eigenvalue weighted by Gasteiger charge is -1.97. The highest BCUT2D eigenvalue weighted by Gasteiger charge is 2.04. The molecule has 0 aliphatic rings. The van der Waals surface area contributed by atoms with Crippen molar-refractivity contribution in [3.8, 4) is 0 Å². The van der Waals surface area contributed by atoms with Gasteiger partial charge in [-0.05, 0) is 31.4 Å². The molecule has 0 radical (unpaired) electrons. The maximum absolute atomic E-state index is 10.7. The van der Waals surface area contributed by atoms with E-state index < -0.39 is 16.0 Å². The third-order valence-electron chi connectivity index (χ3n) is 2.29. The van der Waals surface area contributed by atoms with Crippen LogP contribution in [0.5, 0.6) is 0 Å². The van der Waals surface area contributed by atoms with Gasteiger partial charge in [-0.1, -0.05) is 31.5 Å². The molecule has 0 saturated heterocycles. The highest BCUT2D eigenvalue weighted by atomic mass is 32.2. The first kappa shape index (κ1) is 17.6. The molecule has 1 aromatic carbocycles. The van der Waals surface area contributed by atoms with Crippen LogP contribution in [0.2, 0.25) is 0 Å². The number of sulfonamides is 1. The van der Waals surface area contributed by atoms with Gasteiger partial charge in [0.25, 0.3) is 0 Å². The molecule has 0 amide bonds. The topological polar surface area (TPSA) is 97.5 Å². The van der Waals surface area contributed by atoms with E-state index in [0.717, 1.165) is 12.0 Å². The summed E-state index contributed by atoms with van der Waals surface area (Å²) in [6.45, 7) is 5.92. The monoisotopic (exact) mass is 287 g/mol. The van der Waals surface area contributed by atoms with Gasteiger partial charge in [0.1, 0.15) is 0 Å². The fourth-order valence-corrected chi connectivity index (χ4v) is 1.66. The summed E-state index contributed by atoms with van der Waals surface area (Å²) in [7, 11) is -3.52. The molecule has 19 heavy (non-hydrogen) atoms. The van der Waals surface area contributed by atoms with E-state index in [1.807, 2.05) is 20.8 Å². The molecule has 0 aliphatic carbocycles. The minimum absolute atomic E-state index is 0.156. The van der Waals surface area contributed by atoms with Crippen LogP contribution >= 0.6 is 0 Å². The molecule has 0 spiro atoms. The summed E-state index contributed by atoms with van der Waals surface area (Å²) in [6.07, 6.45) is 1.09. The van der Waals surface area contributed by atoms with E-state index in [-0.39, 0.29) is 4.90 Å². The lowest BCUT2D eigenvalue weighted by Crippen LogP contribution is -2.11. The molecule has 108 valence electrons. The van der Waals surface area contributed by atoms with Crippen molar-refractivity contribution in [1.82, 2.24) is 0 Å². The molecule has 0 saturated carbocycles. The first-order valence-corrected chi connectivity index (χ1v) is 7.49. The number of carboxylic acid groups (broad SMARTS) is 1. The van der Waals surface area contributed by atoms with E-state index in [2.05, 4.69) is 0 Å². The maximum atomic E-state index is 10.7. The number of nitrogens with two attached hydrogens (primary N) is 1. The SMILES string of the molecule is CC(C)CCC(=O)O.Cc1ccc(S(N)(=O)=O)cc1. The molecular formula is C13H21NO4S. The van der Waals surface area contributed by atoms with Gasteiger partial charge in [-0.3, -0.25) is 4.79 Å². The molecular weight excluding hydrogens is 266 g/mol. The first-order valence-electron chi connectivity index (χ1n) is 5.94. The Morgan fingerprint density at radius 3 is 2.00 bits per heavy atom. The van der Waals surface area contributed by atoms with Crippen LogP contribution in [0.4, 0.5) is 0 Å². The first-order chi connectivity index (χ1) is 8.62. The lowest BCUT2D eigenvalue weighted by molar-refractivity contribution is -0.137. The minimum Gasteiger partial charge on any atom is -0.481 e. The van der Waals surface area contributed by atoms with E-state index in [4.69, 9.17) is 10.2 Å². The number of carbonyl (C=O) groups is 1. The predicted octanol–water partition coefficient (Wildman–Crippen LogP) is 2.15. The Morgan fingerprint density at radius 1 is 1.26 bits per heavy atom. The quantitative estimate of drug-likeness (QED) is 0.886. The third kappa shape index (κ3) is 9.21. The molecule has 0 aromatic heterocycles. The lowest BCUT2D eigenvalue weighted by atomic mass is 10.1. The fourth-order valence-electron chi connectivity index (χ4n) is 1.14. The number of aliphatic carboxylic acids is 1. The second-order valence-electron chi connectivity index (χ2n) is 4.68. The summed E-state index contributed by atoms with van der Waals surface area (Å²) >= 11 is 0. The van der Waals surface area contributed by atoms with Crippen molar-refractivity contribution in [2.24, 2.45) is 11.1 Å². The molecule has 1 aromatic rings. The summed E-state index contributed by atoms with van der Waals surface area (Å²) in [6, 6.07) is 6.40. The Kier molecular flexibility index (Phi) is 7.33. The van der Waals surface area contributed by atoms with E-state index >= 15 is 0 Å². The van der Waals surface area contributed by atoms with Crippen LogP contribution in [0.1, 0.15) is 32.3 Å². The van der Waals surface area contributed by atoms with Crippen LogP contribution < -0.4 is 5.14 Å². The standard InChI is InChI=1S/C7H9NO2S.C6H12O2/c1-6-2-4-7(5-3-6)11(8,9)10;1-5(2)3-4-6(7)8/h2-5H,1H3,(H2,8,9,10);5H,3-4H2,1-2H3,(H,7,8). The number of aryl methyl sites for hydroxylation is 1. The van der Waals surface area contributed by atoms with Gasteiger partial charge in [-0.25, -0.2) is 13.6 Å². The fraction of sp³-hybridized carbons (Fsp3) is 0.462. The molecule has 6 heteroatoms. The summed E-state index contributed by atoms with van der Waals surface area (Å²) in [4.78, 5) is 10.1.